The van der Waals surface area contributed by atoms with E-state index in [2.05, 4.69) is 15.0 Å². The Balaban J connectivity index is 1.12. The van der Waals surface area contributed by atoms with E-state index in [0.717, 1.165) is 22.9 Å². The number of ketones is 1. The Labute approximate surface area is 244 Å². The van der Waals surface area contributed by atoms with Crippen molar-refractivity contribution in [2.24, 2.45) is 11.3 Å². The number of hydrogen-bond acceptors (Lipinski definition) is 6. The van der Waals surface area contributed by atoms with Gasteiger partial charge in [0.1, 0.15) is 11.8 Å². The van der Waals surface area contributed by atoms with E-state index < -0.39 is 11.3 Å². The summed E-state index contributed by atoms with van der Waals surface area (Å²) in [5.41, 5.74) is 3.25. The van der Waals surface area contributed by atoms with E-state index in [-0.39, 0.29) is 36.1 Å². The van der Waals surface area contributed by atoms with Crippen molar-refractivity contribution in [2.45, 2.75) is 45.7 Å². The summed E-state index contributed by atoms with van der Waals surface area (Å²) in [6.45, 7) is 6.90. The van der Waals surface area contributed by atoms with Gasteiger partial charge in [0.05, 0.1) is 35.0 Å². The largest absolute Gasteiger partial charge is 0.352 e. The fourth-order valence-electron chi connectivity index (χ4n) is 6.12. The maximum absolute atomic E-state index is 13.9. The molecule has 0 radical (unpaired) electrons. The number of aromatic nitrogens is 3. The predicted octanol–water partition coefficient (Wildman–Crippen LogP) is 4.86. The van der Waals surface area contributed by atoms with Crippen molar-refractivity contribution in [3.05, 3.63) is 83.9 Å². The number of Topliss-reactive ketones (excluding diaryl/α,β-unsaturated/α-hetero) is 1. The summed E-state index contributed by atoms with van der Waals surface area (Å²) in [7, 11) is 0. The maximum atomic E-state index is 13.9. The number of carbonyl (C=O) groups is 3. The number of benzene rings is 1. The minimum Gasteiger partial charge on any atom is -0.352 e. The first-order chi connectivity index (χ1) is 20.1. The van der Waals surface area contributed by atoms with Crippen molar-refractivity contribution in [1.82, 2.24) is 24.8 Å². The molecule has 2 saturated heterocycles. The molecule has 0 aliphatic carbocycles. The Morgan fingerprint density at radius 1 is 1.00 bits per heavy atom. The molecule has 4 aromatic rings. The van der Waals surface area contributed by atoms with Crippen LogP contribution >= 0.6 is 0 Å². The number of hydrogen-bond donors (Lipinski definition) is 1. The number of nitrogens with one attached hydrogen (secondary N) is 1. The van der Waals surface area contributed by atoms with Crippen LogP contribution in [0.4, 0.5) is 0 Å². The van der Waals surface area contributed by atoms with E-state index in [1.165, 1.54) is 6.20 Å². The summed E-state index contributed by atoms with van der Waals surface area (Å²) in [5, 5.41) is 9.94. The van der Waals surface area contributed by atoms with Gasteiger partial charge in [-0.1, -0.05) is 39.0 Å². The summed E-state index contributed by atoms with van der Waals surface area (Å²) in [5.74, 6) is -0.740. The van der Waals surface area contributed by atoms with Gasteiger partial charge >= 0.3 is 0 Å². The molecule has 1 aromatic carbocycles. The lowest BCUT2D eigenvalue weighted by Crippen LogP contribution is -2.53. The van der Waals surface area contributed by atoms with Gasteiger partial charge in [0.2, 0.25) is 5.91 Å². The van der Waals surface area contributed by atoms with E-state index in [4.69, 9.17) is 5.26 Å². The van der Waals surface area contributed by atoms with E-state index in [1.807, 2.05) is 67.0 Å². The van der Waals surface area contributed by atoms with Crippen LogP contribution in [0.25, 0.3) is 22.2 Å². The highest BCUT2D eigenvalue weighted by atomic mass is 16.2. The van der Waals surface area contributed by atoms with Gasteiger partial charge in [0.15, 0.2) is 5.78 Å². The Morgan fingerprint density at radius 2 is 1.76 bits per heavy atom. The van der Waals surface area contributed by atoms with Gasteiger partial charge < -0.3 is 14.8 Å². The van der Waals surface area contributed by atoms with Crippen LogP contribution in [0.2, 0.25) is 0 Å². The third-order valence-electron chi connectivity index (χ3n) is 8.52. The van der Waals surface area contributed by atoms with Gasteiger partial charge in [0, 0.05) is 48.4 Å². The molecule has 5 heterocycles. The third kappa shape index (κ3) is 5.05. The second kappa shape index (κ2) is 10.5. The van der Waals surface area contributed by atoms with Gasteiger partial charge in [0.25, 0.3) is 5.91 Å². The molecule has 2 bridgehead atoms. The second-order valence-electron chi connectivity index (χ2n) is 12.3. The predicted molar refractivity (Wildman–Crippen MR) is 157 cm³/mol. The molecule has 0 saturated carbocycles. The number of nitriles is 1. The fourth-order valence-corrected chi connectivity index (χ4v) is 6.12. The Bertz CT molecular complexity index is 1680. The molecule has 9 heteroatoms. The lowest BCUT2D eigenvalue weighted by atomic mass is 9.76. The summed E-state index contributed by atoms with van der Waals surface area (Å²) >= 11 is 0. The number of piperazine rings is 1. The molecule has 1 N–H and O–H groups in total. The standard InChI is InChI=1S/C33H32N6O3/c1-33(2,3)25(14-30(40)29-12-21-6-4-5-7-27(21)37-29)31(41)38-18-24-13-23(38)19-39(24)32(42)28-11-9-22(17-36-28)26-10-8-20(15-34)16-35-26/h4-12,16-17,23-25,37H,13-14,18-19H2,1-3H3/t23-,24-,25+/m0/s1. The normalized spacial score (nSPS) is 18.7. The van der Waals surface area contributed by atoms with Gasteiger partial charge in [-0.2, -0.15) is 5.26 Å². The summed E-state index contributed by atoms with van der Waals surface area (Å²) in [6.07, 6.45) is 3.96. The Hall–Kier alpha value is -4.84. The zero-order valence-electron chi connectivity index (χ0n) is 23.9. The summed E-state index contributed by atoms with van der Waals surface area (Å²) < 4.78 is 0. The molecular formula is C33H32N6O3. The zero-order valence-corrected chi connectivity index (χ0v) is 23.9. The van der Waals surface area contributed by atoms with Crippen molar-refractivity contribution in [2.75, 3.05) is 13.1 Å². The van der Waals surface area contributed by atoms with Crippen LogP contribution in [-0.2, 0) is 4.79 Å². The first-order valence-corrected chi connectivity index (χ1v) is 14.2. The number of aromatic amines is 1. The first kappa shape index (κ1) is 27.3. The molecule has 6 rings (SSSR count). The average Bonchev–Trinajstić information content (AvgIpc) is 3.73. The topological polar surface area (TPSA) is 123 Å². The number of nitrogens with zero attached hydrogens (tertiary/aromatic N) is 5. The van der Waals surface area contributed by atoms with E-state index in [9.17, 15) is 14.4 Å². The van der Waals surface area contributed by atoms with E-state index in [0.29, 0.717) is 35.7 Å². The van der Waals surface area contributed by atoms with Crippen LogP contribution in [0.15, 0.2) is 67.0 Å². The molecule has 2 aliphatic rings. The van der Waals surface area contributed by atoms with Crippen molar-refractivity contribution in [3.63, 3.8) is 0 Å². The fraction of sp³-hybridized carbons (Fsp3) is 0.333. The van der Waals surface area contributed by atoms with E-state index >= 15 is 0 Å². The minimum absolute atomic E-state index is 0.0241. The minimum atomic E-state index is -0.482. The maximum Gasteiger partial charge on any atom is 0.272 e. The first-order valence-electron chi connectivity index (χ1n) is 14.2. The number of likely N-dealkylation sites (tertiary alicyclic amines) is 2. The zero-order chi connectivity index (χ0) is 29.6. The highest BCUT2D eigenvalue weighted by Crippen LogP contribution is 2.38. The number of amides is 2. The van der Waals surface area contributed by atoms with Crippen molar-refractivity contribution < 1.29 is 14.4 Å². The summed E-state index contributed by atoms with van der Waals surface area (Å²) in [4.78, 5) is 56.2. The quantitative estimate of drug-likeness (QED) is 0.336. The number of fused-ring (bicyclic) bond motifs is 3. The van der Waals surface area contributed by atoms with Crippen LogP contribution in [0, 0.1) is 22.7 Å². The van der Waals surface area contributed by atoms with Crippen LogP contribution < -0.4 is 0 Å². The second-order valence-corrected chi connectivity index (χ2v) is 12.3. The molecule has 0 spiro atoms. The number of rotatable bonds is 6. The third-order valence-corrected chi connectivity index (χ3v) is 8.52. The van der Waals surface area contributed by atoms with Crippen LogP contribution in [0.1, 0.15) is 60.2 Å². The average molecular weight is 561 g/mol. The Kier molecular flexibility index (Phi) is 6.85. The van der Waals surface area contributed by atoms with Crippen LogP contribution in [-0.4, -0.2) is 67.5 Å². The smallest absolute Gasteiger partial charge is 0.272 e. The molecule has 0 unspecified atom stereocenters. The highest BCUT2D eigenvalue weighted by Gasteiger charge is 2.50. The van der Waals surface area contributed by atoms with Crippen molar-refractivity contribution >= 4 is 28.5 Å². The lowest BCUT2D eigenvalue weighted by molar-refractivity contribution is -0.141. The van der Waals surface area contributed by atoms with Crippen molar-refractivity contribution in [3.8, 4) is 17.3 Å². The van der Waals surface area contributed by atoms with Crippen LogP contribution in [0.3, 0.4) is 0 Å². The number of pyridine rings is 2. The number of H-pyrrole nitrogens is 1. The molecular weight excluding hydrogens is 528 g/mol. The summed E-state index contributed by atoms with van der Waals surface area (Å²) in [6, 6.07) is 18.4. The lowest BCUT2D eigenvalue weighted by Gasteiger charge is -2.39. The van der Waals surface area contributed by atoms with Gasteiger partial charge in [-0.25, -0.2) is 0 Å². The molecule has 2 aliphatic heterocycles. The van der Waals surface area contributed by atoms with Gasteiger partial charge in [-0.15, -0.1) is 0 Å². The number of carbonyl (C=O) groups excluding carboxylic acids is 3. The van der Waals surface area contributed by atoms with Gasteiger partial charge in [-0.05, 0) is 48.2 Å². The molecule has 212 valence electrons. The number of para-hydroxylation sites is 1. The van der Waals surface area contributed by atoms with E-state index in [1.54, 1.807) is 30.5 Å². The van der Waals surface area contributed by atoms with Crippen molar-refractivity contribution in [1.29, 1.82) is 5.26 Å². The molecule has 3 atom stereocenters. The highest BCUT2D eigenvalue weighted by molar-refractivity contribution is 6.01. The molecule has 9 nitrogen and oxygen atoms in total. The SMILES string of the molecule is CC(C)(C)[C@H](CC(=O)c1cc2ccccc2[nH]1)C(=O)N1C[C@@H]2C[C@H]1CN2C(=O)c1ccc(-c2ccc(C#N)cn2)cn1. The van der Waals surface area contributed by atoms with Crippen LogP contribution in [0.5, 0.6) is 0 Å². The monoisotopic (exact) mass is 560 g/mol. The van der Waals surface area contributed by atoms with Gasteiger partial charge in [-0.3, -0.25) is 24.4 Å². The Morgan fingerprint density at radius 3 is 2.38 bits per heavy atom. The molecule has 42 heavy (non-hydrogen) atoms. The molecule has 2 fully saturated rings. The molecule has 3 aromatic heterocycles. The molecule has 2 amide bonds.